The lowest BCUT2D eigenvalue weighted by Gasteiger charge is -2.04. The summed E-state index contributed by atoms with van der Waals surface area (Å²) in [4.78, 5) is 13.9. The summed E-state index contributed by atoms with van der Waals surface area (Å²) in [6.07, 6.45) is -5.08. The van der Waals surface area contributed by atoms with Gasteiger partial charge in [0.15, 0.2) is 5.78 Å². The van der Waals surface area contributed by atoms with Gasteiger partial charge in [0.2, 0.25) is 0 Å². The molecule has 0 aliphatic carbocycles. The Bertz CT molecular complexity index is 570. The standard InChI is InChI=1S/C11H7F4NO/c12-7-2-1-3-8-10(7)6(5-16-8)9(17)4-11(13,14)15/h1-3,5,16H,4H2. The minimum absolute atomic E-state index is 0.0956. The molecule has 0 bridgehead atoms. The van der Waals surface area contributed by atoms with Crippen LogP contribution in [-0.4, -0.2) is 16.9 Å². The molecule has 0 saturated carbocycles. The van der Waals surface area contributed by atoms with Gasteiger partial charge in [0.25, 0.3) is 0 Å². The van der Waals surface area contributed by atoms with Crippen molar-refractivity contribution in [1.82, 2.24) is 4.98 Å². The average molecular weight is 245 g/mol. The molecule has 0 saturated heterocycles. The van der Waals surface area contributed by atoms with Gasteiger partial charge in [-0.2, -0.15) is 13.2 Å². The number of halogens is 4. The van der Waals surface area contributed by atoms with Gasteiger partial charge in [-0.05, 0) is 12.1 Å². The van der Waals surface area contributed by atoms with Crippen LogP contribution in [0.4, 0.5) is 17.6 Å². The van der Waals surface area contributed by atoms with E-state index in [4.69, 9.17) is 0 Å². The highest BCUT2D eigenvalue weighted by Gasteiger charge is 2.32. The quantitative estimate of drug-likeness (QED) is 0.638. The summed E-state index contributed by atoms with van der Waals surface area (Å²) >= 11 is 0. The number of fused-ring (bicyclic) bond motifs is 1. The van der Waals surface area contributed by atoms with Gasteiger partial charge in [-0.25, -0.2) is 4.39 Å². The van der Waals surface area contributed by atoms with E-state index in [-0.39, 0.29) is 10.9 Å². The molecule has 0 amide bonds. The van der Waals surface area contributed by atoms with Crippen molar-refractivity contribution in [3.05, 3.63) is 35.8 Å². The molecule has 2 rings (SSSR count). The zero-order valence-electron chi connectivity index (χ0n) is 8.44. The van der Waals surface area contributed by atoms with Gasteiger partial charge >= 0.3 is 6.18 Å². The Morgan fingerprint density at radius 1 is 1.29 bits per heavy atom. The Balaban J connectivity index is 2.46. The molecule has 0 unspecified atom stereocenters. The summed E-state index contributed by atoms with van der Waals surface area (Å²) in [5, 5.41) is -0.0956. The Morgan fingerprint density at radius 3 is 2.65 bits per heavy atom. The Labute approximate surface area is 93.2 Å². The second-order valence-corrected chi connectivity index (χ2v) is 3.58. The molecule has 0 aliphatic rings. The maximum atomic E-state index is 13.4. The first-order valence-corrected chi connectivity index (χ1v) is 4.74. The molecule has 0 aliphatic heterocycles. The van der Waals surface area contributed by atoms with Crippen LogP contribution in [0.3, 0.4) is 0 Å². The topological polar surface area (TPSA) is 32.9 Å². The van der Waals surface area contributed by atoms with E-state index in [9.17, 15) is 22.4 Å². The Kier molecular flexibility index (Phi) is 2.65. The lowest BCUT2D eigenvalue weighted by Crippen LogP contribution is -2.14. The van der Waals surface area contributed by atoms with Gasteiger partial charge in [-0.3, -0.25) is 4.79 Å². The van der Waals surface area contributed by atoms with Crippen molar-refractivity contribution in [3.8, 4) is 0 Å². The summed E-state index contributed by atoms with van der Waals surface area (Å²) in [5.74, 6) is -1.86. The van der Waals surface area contributed by atoms with Crippen LogP contribution in [0.2, 0.25) is 0 Å². The van der Waals surface area contributed by atoms with Gasteiger partial charge in [0, 0.05) is 22.7 Å². The molecule has 2 nitrogen and oxygen atoms in total. The number of nitrogens with one attached hydrogen (secondary N) is 1. The first-order valence-electron chi connectivity index (χ1n) is 4.74. The van der Waals surface area contributed by atoms with Crippen LogP contribution < -0.4 is 0 Å². The van der Waals surface area contributed by atoms with Crippen molar-refractivity contribution in [2.24, 2.45) is 0 Å². The molecule has 1 N–H and O–H groups in total. The number of carbonyl (C=O) groups is 1. The smallest absolute Gasteiger partial charge is 0.360 e. The normalized spacial score (nSPS) is 12.0. The zero-order chi connectivity index (χ0) is 12.6. The first kappa shape index (κ1) is 11.6. The van der Waals surface area contributed by atoms with E-state index in [0.717, 1.165) is 12.3 Å². The summed E-state index contributed by atoms with van der Waals surface area (Å²) in [6, 6.07) is 4.00. The van der Waals surface area contributed by atoms with E-state index in [2.05, 4.69) is 4.98 Å². The maximum absolute atomic E-state index is 13.4. The fourth-order valence-corrected chi connectivity index (χ4v) is 1.64. The van der Waals surface area contributed by atoms with Gasteiger partial charge in [0.05, 0.1) is 0 Å². The molecule has 0 spiro atoms. The number of rotatable bonds is 2. The first-order chi connectivity index (χ1) is 7.88. The van der Waals surface area contributed by atoms with Crippen LogP contribution in [0.5, 0.6) is 0 Å². The maximum Gasteiger partial charge on any atom is 0.396 e. The number of ketones is 1. The molecule has 2 aromatic rings. The average Bonchev–Trinajstić information content (AvgIpc) is 2.60. The molecule has 90 valence electrons. The van der Waals surface area contributed by atoms with Crippen molar-refractivity contribution in [2.45, 2.75) is 12.6 Å². The van der Waals surface area contributed by atoms with Crippen LogP contribution in [-0.2, 0) is 0 Å². The van der Waals surface area contributed by atoms with Crippen LogP contribution >= 0.6 is 0 Å². The van der Waals surface area contributed by atoms with Gasteiger partial charge < -0.3 is 4.98 Å². The number of aromatic nitrogens is 1. The number of hydrogen-bond donors (Lipinski definition) is 1. The van der Waals surface area contributed by atoms with Crippen molar-refractivity contribution in [3.63, 3.8) is 0 Å². The molecule has 0 radical (unpaired) electrons. The van der Waals surface area contributed by atoms with Gasteiger partial charge in [-0.15, -0.1) is 0 Å². The number of carbonyl (C=O) groups excluding carboxylic acids is 1. The number of alkyl halides is 3. The van der Waals surface area contributed by atoms with E-state index < -0.39 is 24.2 Å². The van der Waals surface area contributed by atoms with Gasteiger partial charge in [0.1, 0.15) is 12.2 Å². The molecule has 17 heavy (non-hydrogen) atoms. The van der Waals surface area contributed by atoms with Crippen molar-refractivity contribution in [1.29, 1.82) is 0 Å². The minimum Gasteiger partial charge on any atom is -0.360 e. The molecule has 0 atom stereocenters. The second kappa shape index (κ2) is 3.87. The highest BCUT2D eigenvalue weighted by Crippen LogP contribution is 2.27. The fourth-order valence-electron chi connectivity index (χ4n) is 1.64. The highest BCUT2D eigenvalue weighted by molar-refractivity contribution is 6.08. The summed E-state index contributed by atoms with van der Waals surface area (Å²) in [5.41, 5.74) is 0.0333. The van der Waals surface area contributed by atoms with E-state index in [1.807, 2.05) is 0 Å². The summed E-state index contributed by atoms with van der Waals surface area (Å²) in [7, 11) is 0. The SMILES string of the molecule is O=C(CC(F)(F)F)c1c[nH]c2cccc(F)c12. The highest BCUT2D eigenvalue weighted by atomic mass is 19.4. The molecular weight excluding hydrogens is 238 g/mol. The molecular formula is C11H7F4NO. The number of Topliss-reactive ketones (excluding diaryl/α,β-unsaturated/α-hetero) is 1. The third kappa shape index (κ3) is 2.30. The van der Waals surface area contributed by atoms with E-state index in [0.29, 0.717) is 5.52 Å². The molecule has 1 aromatic heterocycles. The monoisotopic (exact) mass is 245 g/mol. The van der Waals surface area contributed by atoms with Crippen molar-refractivity contribution >= 4 is 16.7 Å². The summed E-state index contributed by atoms with van der Waals surface area (Å²) < 4.78 is 49.6. The molecule has 1 aromatic carbocycles. The third-order valence-corrected chi connectivity index (χ3v) is 2.32. The van der Waals surface area contributed by atoms with E-state index >= 15 is 0 Å². The lowest BCUT2D eigenvalue weighted by molar-refractivity contribution is -0.125. The lowest BCUT2D eigenvalue weighted by atomic mass is 10.1. The minimum atomic E-state index is -4.59. The predicted octanol–water partition coefficient (Wildman–Crippen LogP) is 3.44. The fraction of sp³-hybridized carbons (Fsp3) is 0.182. The summed E-state index contributed by atoms with van der Waals surface area (Å²) in [6.45, 7) is 0. The molecule has 6 heteroatoms. The largest absolute Gasteiger partial charge is 0.396 e. The second-order valence-electron chi connectivity index (χ2n) is 3.58. The number of benzene rings is 1. The Hall–Kier alpha value is -1.85. The van der Waals surface area contributed by atoms with Crippen LogP contribution in [0.25, 0.3) is 10.9 Å². The van der Waals surface area contributed by atoms with Crippen LogP contribution in [0.15, 0.2) is 24.4 Å². The van der Waals surface area contributed by atoms with E-state index in [1.165, 1.54) is 12.1 Å². The Morgan fingerprint density at radius 2 is 2.00 bits per heavy atom. The molecule has 0 fully saturated rings. The predicted molar refractivity (Wildman–Crippen MR) is 53.3 cm³/mol. The van der Waals surface area contributed by atoms with Crippen LogP contribution in [0.1, 0.15) is 16.8 Å². The number of hydrogen-bond acceptors (Lipinski definition) is 1. The third-order valence-electron chi connectivity index (χ3n) is 2.32. The molecule has 1 heterocycles. The van der Waals surface area contributed by atoms with Crippen LogP contribution in [0, 0.1) is 5.82 Å². The van der Waals surface area contributed by atoms with Crippen molar-refractivity contribution in [2.75, 3.05) is 0 Å². The van der Waals surface area contributed by atoms with Gasteiger partial charge in [-0.1, -0.05) is 6.07 Å². The van der Waals surface area contributed by atoms with E-state index in [1.54, 1.807) is 0 Å². The van der Waals surface area contributed by atoms with Crippen molar-refractivity contribution < 1.29 is 22.4 Å². The zero-order valence-corrected chi connectivity index (χ0v) is 8.44. The number of aromatic amines is 1. The number of H-pyrrole nitrogens is 1.